The summed E-state index contributed by atoms with van der Waals surface area (Å²) in [7, 11) is -2.50. The summed E-state index contributed by atoms with van der Waals surface area (Å²) in [6.45, 7) is 11.5. The maximum Gasteiger partial charge on any atom is 4.00 e. The number of hydrogen-bond donors (Lipinski definition) is 0. The van der Waals surface area contributed by atoms with Gasteiger partial charge in [-0.05, 0) is 55.2 Å². The summed E-state index contributed by atoms with van der Waals surface area (Å²) in [5, 5.41) is 6.06. The Bertz CT molecular complexity index is 1130. The predicted molar refractivity (Wildman–Crippen MR) is 171 cm³/mol. The molecule has 5 heteroatoms. The van der Waals surface area contributed by atoms with Crippen molar-refractivity contribution in [1.29, 1.82) is 0 Å². The summed E-state index contributed by atoms with van der Waals surface area (Å²) < 4.78 is 0. The van der Waals surface area contributed by atoms with Crippen LogP contribution in [0.15, 0.2) is 84.9 Å². The van der Waals surface area contributed by atoms with Gasteiger partial charge in [0.15, 0.2) is 0 Å². The SMILES string of the molecule is CCCCc1ccc([Si](c2ccc(CCCC)cc2)(c2ccc(CCCC)cc2)[c-]2c(C)ccc2C)cc1.[Cl-].[Cl-].[Cl-].[Ti+4]. The van der Waals surface area contributed by atoms with E-state index in [-0.39, 0.29) is 58.9 Å². The van der Waals surface area contributed by atoms with Gasteiger partial charge in [-0.2, -0.15) is 11.1 Å². The van der Waals surface area contributed by atoms with Gasteiger partial charge in [-0.3, -0.25) is 0 Å². The Balaban J connectivity index is 0.00000420. The molecule has 4 aromatic carbocycles. The summed E-state index contributed by atoms with van der Waals surface area (Å²) in [4.78, 5) is 0. The van der Waals surface area contributed by atoms with Gasteiger partial charge in [0.25, 0.3) is 0 Å². The largest absolute Gasteiger partial charge is 4.00 e. The van der Waals surface area contributed by atoms with Gasteiger partial charge in [-0.25, -0.2) is 12.1 Å². The molecule has 224 valence electrons. The van der Waals surface area contributed by atoms with Crippen molar-refractivity contribution < 1.29 is 58.9 Å². The van der Waals surface area contributed by atoms with Crippen LogP contribution in [0.5, 0.6) is 0 Å². The van der Waals surface area contributed by atoms with E-state index in [1.54, 1.807) is 5.19 Å². The smallest absolute Gasteiger partial charge is 1.00 e. The van der Waals surface area contributed by atoms with Crippen molar-refractivity contribution in [1.82, 2.24) is 0 Å². The van der Waals surface area contributed by atoms with Crippen LogP contribution in [-0.2, 0) is 41.0 Å². The molecular formula is C37H47Cl3SiTi. The zero-order valence-corrected chi connectivity index (χ0v) is 30.9. The predicted octanol–water partition coefficient (Wildman–Crippen LogP) is -1.56. The van der Waals surface area contributed by atoms with E-state index < -0.39 is 8.07 Å². The first-order valence-corrected chi connectivity index (χ1v) is 17.1. The molecule has 0 saturated carbocycles. The Morgan fingerprint density at radius 2 is 0.714 bits per heavy atom. The van der Waals surface area contributed by atoms with E-state index in [9.17, 15) is 0 Å². The summed E-state index contributed by atoms with van der Waals surface area (Å²) >= 11 is 0. The van der Waals surface area contributed by atoms with E-state index in [0.717, 1.165) is 19.3 Å². The monoisotopic (exact) mass is 672 g/mol. The maximum absolute atomic E-state index is 2.50. The molecule has 42 heavy (non-hydrogen) atoms. The Morgan fingerprint density at radius 1 is 0.452 bits per heavy atom. The van der Waals surface area contributed by atoms with Crippen LogP contribution in [0.1, 0.15) is 87.1 Å². The van der Waals surface area contributed by atoms with Gasteiger partial charge in [0.05, 0.1) is 0 Å². The van der Waals surface area contributed by atoms with E-state index in [1.165, 1.54) is 81.9 Å². The molecule has 0 amide bonds. The number of halogens is 3. The van der Waals surface area contributed by atoms with E-state index in [4.69, 9.17) is 0 Å². The third-order valence-electron chi connectivity index (χ3n) is 8.36. The van der Waals surface area contributed by atoms with Crippen LogP contribution < -0.4 is 58.0 Å². The van der Waals surface area contributed by atoms with Crippen LogP contribution in [0.4, 0.5) is 0 Å². The molecule has 0 radical (unpaired) electrons. The van der Waals surface area contributed by atoms with E-state index >= 15 is 0 Å². The molecule has 0 fully saturated rings. The molecule has 0 aromatic heterocycles. The molecule has 0 atom stereocenters. The first kappa shape index (κ1) is 40.8. The van der Waals surface area contributed by atoms with Crippen LogP contribution in [-0.4, -0.2) is 8.07 Å². The van der Waals surface area contributed by atoms with Crippen molar-refractivity contribution in [3.8, 4) is 0 Å². The number of aryl methyl sites for hydroxylation is 5. The van der Waals surface area contributed by atoms with E-state index in [0.29, 0.717) is 0 Å². The van der Waals surface area contributed by atoms with Crippen LogP contribution >= 0.6 is 0 Å². The van der Waals surface area contributed by atoms with Gasteiger partial charge in [0.2, 0.25) is 0 Å². The number of rotatable bonds is 13. The number of unbranched alkanes of at least 4 members (excludes halogenated alkanes) is 3. The topological polar surface area (TPSA) is 0 Å². The maximum atomic E-state index is 2.47. The normalized spacial score (nSPS) is 10.6. The van der Waals surface area contributed by atoms with Gasteiger partial charge in [0, 0.05) is 0 Å². The molecule has 0 nitrogen and oxygen atoms in total. The van der Waals surface area contributed by atoms with Gasteiger partial charge in [-0.1, -0.05) is 142 Å². The van der Waals surface area contributed by atoms with Crippen LogP contribution in [0.3, 0.4) is 0 Å². The van der Waals surface area contributed by atoms with Crippen molar-refractivity contribution in [2.75, 3.05) is 0 Å². The molecule has 0 unspecified atom stereocenters. The second-order valence-electron chi connectivity index (χ2n) is 11.2. The molecule has 0 bridgehead atoms. The third-order valence-corrected chi connectivity index (χ3v) is 13.5. The van der Waals surface area contributed by atoms with Crippen LogP contribution in [0, 0.1) is 13.8 Å². The Kier molecular flexibility index (Phi) is 19.4. The van der Waals surface area contributed by atoms with E-state index in [2.05, 4.69) is 120 Å². The second kappa shape index (κ2) is 20.0. The molecular weight excluding hydrogens is 627 g/mol. The minimum Gasteiger partial charge on any atom is -1.00 e. The van der Waals surface area contributed by atoms with Crippen molar-refractivity contribution in [2.45, 2.75) is 92.4 Å². The van der Waals surface area contributed by atoms with Crippen LogP contribution in [0.25, 0.3) is 0 Å². The summed E-state index contributed by atoms with van der Waals surface area (Å²) in [6, 6.07) is 34.0. The van der Waals surface area contributed by atoms with Crippen molar-refractivity contribution >= 4 is 28.8 Å². The Morgan fingerprint density at radius 3 is 0.952 bits per heavy atom. The fraction of sp³-hybridized carbons (Fsp3) is 0.378. The van der Waals surface area contributed by atoms with Crippen molar-refractivity contribution in [3.63, 3.8) is 0 Å². The summed E-state index contributed by atoms with van der Waals surface area (Å²) in [5.74, 6) is 0. The van der Waals surface area contributed by atoms with Crippen molar-refractivity contribution in [3.05, 3.63) is 113 Å². The first-order chi connectivity index (χ1) is 18.5. The summed E-state index contributed by atoms with van der Waals surface area (Å²) in [6.07, 6.45) is 11.0. The Labute approximate surface area is 291 Å². The van der Waals surface area contributed by atoms with Gasteiger partial charge < -0.3 is 37.2 Å². The fourth-order valence-corrected chi connectivity index (χ4v) is 11.4. The zero-order valence-electron chi connectivity index (χ0n) is 26.1. The second-order valence-corrected chi connectivity index (χ2v) is 15.0. The molecule has 0 N–H and O–H groups in total. The molecule has 0 spiro atoms. The average Bonchev–Trinajstić information content (AvgIpc) is 3.29. The molecule has 0 aliphatic carbocycles. The number of benzene rings is 3. The van der Waals surface area contributed by atoms with Crippen molar-refractivity contribution in [2.24, 2.45) is 0 Å². The van der Waals surface area contributed by atoms with Gasteiger partial charge >= 0.3 is 21.7 Å². The summed E-state index contributed by atoms with van der Waals surface area (Å²) in [5.41, 5.74) is 7.22. The quantitative estimate of drug-likeness (QED) is 0.0916. The van der Waals surface area contributed by atoms with E-state index in [1.807, 2.05) is 0 Å². The standard InChI is InChI=1S/C37H47Si.3ClH.Ti/c1-6-9-12-31-17-23-34(24-18-31)38(37-29(4)15-16-30(37)5,35-25-19-32(20-26-35)13-10-7-2)36-27-21-33(22-28-36)14-11-8-3;;;;/h15-28H,6-14H2,1-5H3;3*1H;/q-1;;;;+4/p-3. The third kappa shape index (κ3) is 9.16. The van der Waals surface area contributed by atoms with Crippen LogP contribution in [0.2, 0.25) is 0 Å². The first-order valence-electron chi connectivity index (χ1n) is 15.1. The molecule has 0 saturated heterocycles. The molecule has 0 aliphatic heterocycles. The molecule has 0 heterocycles. The molecule has 4 rings (SSSR count). The Hall–Kier alpha value is -1.19. The zero-order chi connectivity index (χ0) is 27.0. The number of hydrogen-bond acceptors (Lipinski definition) is 0. The fourth-order valence-electron chi connectivity index (χ4n) is 6.16. The minimum atomic E-state index is -2.50. The molecule has 0 aliphatic rings. The molecule has 4 aromatic rings. The minimum absolute atomic E-state index is 0. The van der Waals surface area contributed by atoms with Gasteiger partial charge in [0.1, 0.15) is 8.07 Å². The average molecular weight is 674 g/mol. The van der Waals surface area contributed by atoms with Gasteiger partial charge in [-0.15, -0.1) is 5.19 Å².